The van der Waals surface area contributed by atoms with E-state index in [-0.39, 0.29) is 18.2 Å². The maximum absolute atomic E-state index is 9.86. The smallest absolute Gasteiger partial charge is 0.0794 e. The second-order valence-corrected chi connectivity index (χ2v) is 6.21. The van der Waals surface area contributed by atoms with E-state index in [1.165, 1.54) is 5.56 Å². The highest BCUT2D eigenvalue weighted by Crippen LogP contribution is 2.33. The Hall–Kier alpha value is -1.34. The van der Waals surface area contributed by atoms with E-state index in [0.29, 0.717) is 25.6 Å². The molecule has 0 amide bonds. The Morgan fingerprint density at radius 3 is 2.43 bits per heavy atom. The monoisotopic (exact) mass is 287 g/mol. The van der Waals surface area contributed by atoms with Gasteiger partial charge in [0, 0.05) is 19.0 Å². The summed E-state index contributed by atoms with van der Waals surface area (Å²) in [6.07, 6.45) is 6.23. The van der Waals surface area contributed by atoms with E-state index in [4.69, 9.17) is 11.2 Å². The third-order valence-electron chi connectivity index (χ3n) is 4.33. The van der Waals surface area contributed by atoms with E-state index in [1.807, 2.05) is 18.2 Å². The Labute approximate surface area is 127 Å². The molecular weight excluding hydrogens is 262 g/mol. The minimum absolute atomic E-state index is 0.0856. The van der Waals surface area contributed by atoms with Crippen molar-refractivity contribution in [1.82, 2.24) is 4.90 Å². The average molecular weight is 287 g/mol. The van der Waals surface area contributed by atoms with Crippen LogP contribution in [0.4, 0.5) is 0 Å². The first-order valence-electron chi connectivity index (χ1n) is 7.56. The molecule has 1 aromatic carbocycles. The second-order valence-electron chi connectivity index (χ2n) is 6.21. The molecule has 1 aliphatic heterocycles. The Balaban J connectivity index is 2.28. The topological polar surface area (TPSA) is 32.7 Å². The third kappa shape index (κ3) is 3.47. The van der Waals surface area contributed by atoms with Crippen molar-refractivity contribution >= 4 is 0 Å². The summed E-state index contributed by atoms with van der Waals surface area (Å²) in [5.74, 6) is 3.15. The number of rotatable bonds is 7. The molecule has 1 aliphatic rings. The Morgan fingerprint density at radius 2 is 2.00 bits per heavy atom. The van der Waals surface area contributed by atoms with E-state index < -0.39 is 0 Å². The molecule has 1 atom stereocenters. The van der Waals surface area contributed by atoms with Gasteiger partial charge in [-0.25, -0.2) is 0 Å². The normalized spacial score (nSPS) is 18.3. The number of ether oxygens (including phenoxy) is 1. The van der Waals surface area contributed by atoms with Crippen LogP contribution in [-0.2, 0) is 11.3 Å². The van der Waals surface area contributed by atoms with Gasteiger partial charge < -0.3 is 9.84 Å². The van der Waals surface area contributed by atoms with Gasteiger partial charge in [-0.3, -0.25) is 4.90 Å². The first kappa shape index (κ1) is 16.0. The lowest BCUT2D eigenvalue weighted by atomic mass is 9.86. The maximum Gasteiger partial charge on any atom is 0.0794 e. The number of hydrogen-bond donors (Lipinski definition) is 1. The summed E-state index contributed by atoms with van der Waals surface area (Å²) in [6, 6.07) is 10.4. The largest absolute Gasteiger partial charge is 0.395 e. The van der Waals surface area contributed by atoms with Crippen molar-refractivity contribution in [2.24, 2.45) is 5.92 Å². The molecule has 2 rings (SSSR count). The molecule has 0 aromatic heterocycles. The summed E-state index contributed by atoms with van der Waals surface area (Å²) < 4.78 is 5.47. The van der Waals surface area contributed by atoms with Gasteiger partial charge >= 0.3 is 0 Å². The zero-order valence-electron chi connectivity index (χ0n) is 13.0. The van der Waals surface area contributed by atoms with Crippen LogP contribution in [0.5, 0.6) is 0 Å². The quantitative estimate of drug-likeness (QED) is 0.781. The van der Waals surface area contributed by atoms with Crippen molar-refractivity contribution in [1.29, 1.82) is 0 Å². The fourth-order valence-electron chi connectivity index (χ4n) is 2.98. The van der Waals surface area contributed by atoms with Crippen LogP contribution in [0.15, 0.2) is 30.3 Å². The molecular formula is C18H25NO2. The van der Waals surface area contributed by atoms with E-state index in [2.05, 4.69) is 36.8 Å². The molecule has 3 heteroatoms. The Morgan fingerprint density at radius 1 is 1.33 bits per heavy atom. The molecule has 1 saturated heterocycles. The van der Waals surface area contributed by atoms with Crippen LogP contribution in [0.3, 0.4) is 0 Å². The van der Waals surface area contributed by atoms with Crippen LogP contribution in [0, 0.1) is 18.3 Å². The summed E-state index contributed by atoms with van der Waals surface area (Å²) in [4.78, 5) is 2.36. The molecule has 3 nitrogen and oxygen atoms in total. The predicted octanol–water partition coefficient (Wildman–Crippen LogP) is 2.30. The molecule has 0 spiro atoms. The number of aliphatic hydroxyl groups is 1. The van der Waals surface area contributed by atoms with E-state index in [0.717, 1.165) is 6.54 Å². The van der Waals surface area contributed by atoms with E-state index in [9.17, 15) is 5.11 Å². The minimum Gasteiger partial charge on any atom is -0.395 e. The molecule has 0 aliphatic carbocycles. The molecule has 114 valence electrons. The summed E-state index contributed by atoms with van der Waals surface area (Å²) in [5, 5.41) is 9.86. The highest BCUT2D eigenvalue weighted by molar-refractivity contribution is 5.17. The van der Waals surface area contributed by atoms with E-state index in [1.54, 1.807) is 0 Å². The molecule has 1 N–H and O–H groups in total. The van der Waals surface area contributed by atoms with Gasteiger partial charge in [-0.15, -0.1) is 12.3 Å². The van der Waals surface area contributed by atoms with Gasteiger partial charge in [-0.2, -0.15) is 0 Å². The van der Waals surface area contributed by atoms with Crippen LogP contribution in [0.1, 0.15) is 25.8 Å². The second kappa shape index (κ2) is 7.09. The Kier molecular flexibility index (Phi) is 5.41. The standard InChI is InChI=1S/C18H25NO2/c1-4-10-18(13-21-14-18)19(17(12-20)15(2)3)11-16-8-6-5-7-9-16/h1,5-9,15,17,20H,10-14H2,2-3H3/t17-/m1/s1. The number of terminal acetylenes is 1. The Bertz CT molecular complexity index is 474. The van der Waals surface area contributed by atoms with Gasteiger partial charge in [-0.1, -0.05) is 44.2 Å². The highest BCUT2D eigenvalue weighted by Gasteiger charge is 2.46. The lowest BCUT2D eigenvalue weighted by molar-refractivity contribution is -0.165. The maximum atomic E-state index is 9.86. The van der Waals surface area contributed by atoms with Gasteiger partial charge in [0.15, 0.2) is 0 Å². The van der Waals surface area contributed by atoms with Crippen LogP contribution < -0.4 is 0 Å². The lowest BCUT2D eigenvalue weighted by Gasteiger charge is -2.52. The zero-order chi connectivity index (χ0) is 15.3. The van der Waals surface area contributed by atoms with Gasteiger partial charge in [-0.05, 0) is 11.5 Å². The predicted molar refractivity (Wildman–Crippen MR) is 84.7 cm³/mol. The van der Waals surface area contributed by atoms with Crippen LogP contribution in [0.2, 0.25) is 0 Å². The van der Waals surface area contributed by atoms with Gasteiger partial charge in [0.1, 0.15) is 0 Å². The number of aliphatic hydroxyl groups excluding tert-OH is 1. The molecule has 1 fully saturated rings. The molecule has 0 radical (unpaired) electrons. The summed E-state index contributed by atoms with van der Waals surface area (Å²) in [6.45, 7) is 6.50. The van der Waals surface area contributed by atoms with Crippen molar-refractivity contribution in [3.05, 3.63) is 35.9 Å². The van der Waals surface area contributed by atoms with Crippen molar-refractivity contribution in [3.63, 3.8) is 0 Å². The van der Waals surface area contributed by atoms with Crippen molar-refractivity contribution < 1.29 is 9.84 Å². The summed E-state index contributed by atoms with van der Waals surface area (Å²) in [7, 11) is 0. The van der Waals surface area contributed by atoms with Crippen LogP contribution in [0.25, 0.3) is 0 Å². The van der Waals surface area contributed by atoms with E-state index >= 15 is 0 Å². The van der Waals surface area contributed by atoms with Crippen molar-refractivity contribution in [2.75, 3.05) is 19.8 Å². The molecule has 0 unspecified atom stereocenters. The fraction of sp³-hybridized carbons (Fsp3) is 0.556. The van der Waals surface area contributed by atoms with Gasteiger partial charge in [0.25, 0.3) is 0 Å². The van der Waals surface area contributed by atoms with Crippen molar-refractivity contribution in [3.8, 4) is 12.3 Å². The SMILES string of the molecule is C#CCC1(N(Cc2ccccc2)[C@H](CO)C(C)C)COC1. The highest BCUT2D eigenvalue weighted by atomic mass is 16.5. The lowest BCUT2D eigenvalue weighted by Crippen LogP contribution is -2.65. The number of nitrogens with zero attached hydrogens (tertiary/aromatic N) is 1. The van der Waals surface area contributed by atoms with Crippen molar-refractivity contribution in [2.45, 2.75) is 38.4 Å². The van der Waals surface area contributed by atoms with Crippen LogP contribution >= 0.6 is 0 Å². The molecule has 21 heavy (non-hydrogen) atoms. The van der Waals surface area contributed by atoms with Gasteiger partial charge in [0.2, 0.25) is 0 Å². The first-order valence-corrected chi connectivity index (χ1v) is 7.56. The first-order chi connectivity index (χ1) is 10.1. The number of hydrogen-bond acceptors (Lipinski definition) is 3. The fourth-order valence-corrected chi connectivity index (χ4v) is 2.98. The zero-order valence-corrected chi connectivity index (χ0v) is 13.0. The average Bonchev–Trinajstić information content (AvgIpc) is 2.43. The summed E-state index contributed by atoms with van der Waals surface area (Å²) >= 11 is 0. The summed E-state index contributed by atoms with van der Waals surface area (Å²) in [5.41, 5.74) is 1.10. The third-order valence-corrected chi connectivity index (χ3v) is 4.33. The molecule has 1 aromatic rings. The molecule has 1 heterocycles. The number of benzene rings is 1. The molecule has 0 bridgehead atoms. The molecule has 0 saturated carbocycles. The van der Waals surface area contributed by atoms with Crippen LogP contribution in [-0.4, -0.2) is 41.4 Å². The minimum atomic E-state index is -0.137. The van der Waals surface area contributed by atoms with Gasteiger partial charge in [0.05, 0.1) is 25.4 Å².